The largest absolute Gasteiger partial charge is 0.353 e. The van der Waals surface area contributed by atoms with Crippen LogP contribution in [0, 0.1) is 11.7 Å². The van der Waals surface area contributed by atoms with Crippen molar-refractivity contribution in [3.63, 3.8) is 0 Å². The van der Waals surface area contributed by atoms with Crippen LogP contribution in [0.2, 0.25) is 0 Å². The highest BCUT2D eigenvalue weighted by atomic mass is 19.1. The number of carbonyl (C=O) groups is 2. The number of hydrogen-bond donors (Lipinski definition) is 1. The summed E-state index contributed by atoms with van der Waals surface area (Å²) < 4.78 is 19.0. The molecule has 30 heavy (non-hydrogen) atoms. The molecule has 2 aromatic rings. The minimum absolute atomic E-state index is 0.0632. The Morgan fingerprint density at radius 2 is 1.87 bits per heavy atom. The van der Waals surface area contributed by atoms with Gasteiger partial charge < -0.3 is 14.7 Å². The van der Waals surface area contributed by atoms with E-state index in [1.807, 2.05) is 18.7 Å². The Balaban J connectivity index is 1.43. The molecule has 1 aliphatic rings. The summed E-state index contributed by atoms with van der Waals surface area (Å²) in [6, 6.07) is 6.31. The van der Waals surface area contributed by atoms with Gasteiger partial charge in [0.15, 0.2) is 0 Å². The zero-order valence-corrected chi connectivity index (χ0v) is 17.6. The van der Waals surface area contributed by atoms with Gasteiger partial charge in [-0.25, -0.2) is 4.39 Å². The molecule has 0 atom stereocenters. The van der Waals surface area contributed by atoms with Crippen LogP contribution in [0.15, 0.2) is 28.8 Å². The van der Waals surface area contributed by atoms with Gasteiger partial charge in [-0.05, 0) is 51.7 Å². The molecule has 1 aliphatic carbocycles. The Morgan fingerprint density at radius 1 is 1.17 bits per heavy atom. The van der Waals surface area contributed by atoms with Gasteiger partial charge in [-0.3, -0.25) is 9.59 Å². The average molecular weight is 416 g/mol. The van der Waals surface area contributed by atoms with E-state index in [2.05, 4.69) is 15.5 Å². The monoisotopic (exact) mass is 416 g/mol. The van der Waals surface area contributed by atoms with E-state index in [0.29, 0.717) is 12.3 Å². The molecule has 7 nitrogen and oxygen atoms in total. The second kappa shape index (κ2) is 10.3. The molecular weight excluding hydrogens is 387 g/mol. The molecule has 1 N–H and O–H groups in total. The first kappa shape index (κ1) is 21.9. The Bertz CT molecular complexity index is 858. The SMILES string of the molecule is CCN(CC)C(=O)C1CCC(NC(=O)CCc2nc(-c3ccccc3F)no2)CC1. The van der Waals surface area contributed by atoms with Gasteiger partial charge in [-0.1, -0.05) is 17.3 Å². The van der Waals surface area contributed by atoms with Gasteiger partial charge in [0.2, 0.25) is 23.5 Å². The lowest BCUT2D eigenvalue weighted by molar-refractivity contribution is -0.136. The average Bonchev–Trinajstić information content (AvgIpc) is 3.23. The third kappa shape index (κ3) is 5.43. The smallest absolute Gasteiger partial charge is 0.227 e. The lowest BCUT2D eigenvalue weighted by Gasteiger charge is -2.31. The van der Waals surface area contributed by atoms with E-state index >= 15 is 0 Å². The van der Waals surface area contributed by atoms with Crippen LogP contribution in [0.4, 0.5) is 4.39 Å². The summed E-state index contributed by atoms with van der Waals surface area (Å²) in [5.74, 6) is 0.272. The number of rotatable bonds is 8. The summed E-state index contributed by atoms with van der Waals surface area (Å²) in [5.41, 5.74) is 0.271. The van der Waals surface area contributed by atoms with Crippen LogP contribution >= 0.6 is 0 Å². The van der Waals surface area contributed by atoms with Crippen molar-refractivity contribution in [2.24, 2.45) is 5.92 Å². The predicted octanol–water partition coefficient (Wildman–Crippen LogP) is 3.35. The van der Waals surface area contributed by atoms with Crippen LogP contribution in [-0.4, -0.2) is 46.0 Å². The van der Waals surface area contributed by atoms with E-state index in [1.165, 1.54) is 6.07 Å². The Morgan fingerprint density at radius 3 is 2.53 bits per heavy atom. The lowest BCUT2D eigenvalue weighted by Crippen LogP contribution is -2.42. The first-order valence-corrected chi connectivity index (χ1v) is 10.7. The highest BCUT2D eigenvalue weighted by Gasteiger charge is 2.29. The number of aromatic nitrogens is 2. The van der Waals surface area contributed by atoms with Crippen molar-refractivity contribution >= 4 is 11.8 Å². The molecule has 0 aliphatic heterocycles. The van der Waals surface area contributed by atoms with Crippen LogP contribution in [0.3, 0.4) is 0 Å². The topological polar surface area (TPSA) is 88.3 Å². The molecule has 1 aromatic heterocycles. The van der Waals surface area contributed by atoms with Gasteiger partial charge in [-0.2, -0.15) is 4.98 Å². The summed E-state index contributed by atoms with van der Waals surface area (Å²) in [6.45, 7) is 5.46. The van der Waals surface area contributed by atoms with Crippen LogP contribution in [0.1, 0.15) is 51.8 Å². The summed E-state index contributed by atoms with van der Waals surface area (Å²) in [6.07, 6.45) is 3.73. The third-order valence-corrected chi connectivity index (χ3v) is 5.67. The van der Waals surface area contributed by atoms with Crippen LogP contribution in [0.25, 0.3) is 11.4 Å². The molecule has 162 valence electrons. The standard InChI is InChI=1S/C22H29FN4O3/c1-3-27(4-2)22(29)15-9-11-16(12-10-15)24-19(28)13-14-20-25-21(26-30-20)17-7-5-6-8-18(17)23/h5-8,15-16H,3-4,9-14H2,1-2H3,(H,24,28). The van der Waals surface area contributed by atoms with E-state index in [4.69, 9.17) is 4.52 Å². The molecule has 1 heterocycles. The van der Waals surface area contributed by atoms with Gasteiger partial charge in [0.05, 0.1) is 5.56 Å². The number of aryl methyl sites for hydroxylation is 1. The first-order chi connectivity index (χ1) is 14.5. The highest BCUT2D eigenvalue weighted by molar-refractivity contribution is 5.79. The van der Waals surface area contributed by atoms with Gasteiger partial charge in [0, 0.05) is 37.9 Å². The van der Waals surface area contributed by atoms with Gasteiger partial charge in [-0.15, -0.1) is 0 Å². The minimum atomic E-state index is -0.419. The van der Waals surface area contributed by atoms with Crippen molar-refractivity contribution in [2.45, 2.75) is 58.4 Å². The third-order valence-electron chi connectivity index (χ3n) is 5.67. The highest BCUT2D eigenvalue weighted by Crippen LogP contribution is 2.26. The molecule has 0 saturated heterocycles. The molecule has 0 radical (unpaired) electrons. The second-order valence-corrected chi connectivity index (χ2v) is 7.62. The number of benzene rings is 1. The Labute approximate surface area is 176 Å². The summed E-state index contributed by atoms with van der Waals surface area (Å²) in [5, 5.41) is 6.84. The van der Waals surface area contributed by atoms with Crippen molar-refractivity contribution in [1.29, 1.82) is 0 Å². The normalized spacial score (nSPS) is 18.8. The van der Waals surface area contributed by atoms with Crippen LogP contribution < -0.4 is 5.32 Å². The number of carbonyl (C=O) groups excluding carboxylic acids is 2. The quantitative estimate of drug-likeness (QED) is 0.713. The van der Waals surface area contributed by atoms with Gasteiger partial charge in [0.25, 0.3) is 0 Å². The predicted molar refractivity (Wildman–Crippen MR) is 110 cm³/mol. The summed E-state index contributed by atoms with van der Waals surface area (Å²) in [4.78, 5) is 30.8. The number of nitrogens with zero attached hydrogens (tertiary/aromatic N) is 3. The Hall–Kier alpha value is -2.77. The van der Waals surface area contributed by atoms with E-state index in [0.717, 1.165) is 38.8 Å². The summed E-state index contributed by atoms with van der Waals surface area (Å²) >= 11 is 0. The fourth-order valence-electron chi connectivity index (χ4n) is 3.91. The maximum absolute atomic E-state index is 13.8. The van der Waals surface area contributed by atoms with E-state index < -0.39 is 5.82 Å². The van der Waals surface area contributed by atoms with E-state index in [1.54, 1.807) is 18.2 Å². The zero-order chi connectivity index (χ0) is 21.5. The molecule has 0 spiro atoms. The maximum Gasteiger partial charge on any atom is 0.227 e. The van der Waals surface area contributed by atoms with E-state index in [-0.39, 0.29) is 41.6 Å². The van der Waals surface area contributed by atoms with Crippen LogP contribution in [-0.2, 0) is 16.0 Å². The number of hydrogen-bond acceptors (Lipinski definition) is 5. The maximum atomic E-state index is 13.8. The van der Waals surface area contributed by atoms with Crippen molar-refractivity contribution in [2.75, 3.05) is 13.1 Å². The molecular formula is C22H29FN4O3. The van der Waals surface area contributed by atoms with Gasteiger partial charge in [0.1, 0.15) is 5.82 Å². The number of halogens is 1. The number of amides is 2. The van der Waals surface area contributed by atoms with Crippen molar-refractivity contribution in [1.82, 2.24) is 20.4 Å². The fraction of sp³-hybridized carbons (Fsp3) is 0.545. The molecule has 1 aromatic carbocycles. The molecule has 2 amide bonds. The van der Waals surface area contributed by atoms with Crippen molar-refractivity contribution in [3.8, 4) is 11.4 Å². The molecule has 3 rings (SSSR count). The minimum Gasteiger partial charge on any atom is -0.353 e. The van der Waals surface area contributed by atoms with E-state index in [9.17, 15) is 14.0 Å². The molecule has 0 bridgehead atoms. The van der Waals surface area contributed by atoms with Crippen LogP contribution in [0.5, 0.6) is 0 Å². The molecule has 1 saturated carbocycles. The van der Waals surface area contributed by atoms with Crippen molar-refractivity contribution in [3.05, 3.63) is 36.0 Å². The molecule has 1 fully saturated rings. The summed E-state index contributed by atoms with van der Waals surface area (Å²) in [7, 11) is 0. The Kier molecular flexibility index (Phi) is 7.54. The van der Waals surface area contributed by atoms with Crippen molar-refractivity contribution < 1.29 is 18.5 Å². The molecule has 0 unspecified atom stereocenters. The molecule has 8 heteroatoms. The first-order valence-electron chi connectivity index (χ1n) is 10.7. The second-order valence-electron chi connectivity index (χ2n) is 7.62. The zero-order valence-electron chi connectivity index (χ0n) is 17.6. The number of nitrogens with one attached hydrogen (secondary N) is 1. The fourth-order valence-corrected chi connectivity index (χ4v) is 3.91. The lowest BCUT2D eigenvalue weighted by atomic mass is 9.85. The van der Waals surface area contributed by atoms with Gasteiger partial charge >= 0.3 is 0 Å².